The number of aldehydes is 1. The number of carbonyl (C=O) groups is 2. The van der Waals surface area contributed by atoms with Crippen molar-refractivity contribution in [3.63, 3.8) is 0 Å². The lowest BCUT2D eigenvalue weighted by Gasteiger charge is -2.24. The van der Waals surface area contributed by atoms with Crippen LogP contribution in [0.4, 0.5) is 17.2 Å². The van der Waals surface area contributed by atoms with Gasteiger partial charge in [-0.25, -0.2) is 9.97 Å². The number of rotatable bonds is 9. The number of hydrogen-bond donors (Lipinski definition) is 2. The van der Waals surface area contributed by atoms with Gasteiger partial charge in [0.05, 0.1) is 41.7 Å². The molecule has 0 spiro atoms. The molecule has 1 amide bonds. The molecule has 0 bridgehead atoms. The number of amides is 1. The van der Waals surface area contributed by atoms with Crippen molar-refractivity contribution in [1.82, 2.24) is 19.9 Å². The minimum atomic E-state index is -0.592. The second-order valence-corrected chi connectivity index (χ2v) is 7.76. The van der Waals surface area contributed by atoms with E-state index in [4.69, 9.17) is 0 Å². The Hall–Kier alpha value is -4.39. The maximum Gasteiger partial charge on any atom is 0.228 e. The zero-order valence-corrected chi connectivity index (χ0v) is 18.0. The molecule has 1 aliphatic carbocycles. The zero-order valence-electron chi connectivity index (χ0n) is 18.0. The quantitative estimate of drug-likeness (QED) is 0.478. The Bertz CT molecular complexity index is 1170. The van der Waals surface area contributed by atoms with Gasteiger partial charge in [-0.05, 0) is 31.0 Å². The molecule has 1 atom stereocenters. The minimum Gasteiger partial charge on any atom is -0.372 e. The normalized spacial score (nSPS) is 13.5. The third kappa shape index (κ3) is 5.46. The molecule has 0 radical (unpaired) electrons. The van der Waals surface area contributed by atoms with Gasteiger partial charge < -0.3 is 20.3 Å². The van der Waals surface area contributed by atoms with Gasteiger partial charge in [-0.1, -0.05) is 0 Å². The van der Waals surface area contributed by atoms with Crippen molar-refractivity contribution >= 4 is 29.4 Å². The van der Waals surface area contributed by atoms with Crippen LogP contribution in [0.25, 0.3) is 11.3 Å². The molecule has 10 nitrogen and oxygen atoms in total. The van der Waals surface area contributed by atoms with Gasteiger partial charge in [0.15, 0.2) is 11.5 Å². The number of pyridine rings is 2. The van der Waals surface area contributed by atoms with Crippen LogP contribution in [0.1, 0.15) is 18.5 Å². The van der Waals surface area contributed by atoms with E-state index in [0.717, 1.165) is 24.8 Å². The van der Waals surface area contributed by atoms with Crippen molar-refractivity contribution in [2.75, 3.05) is 29.1 Å². The molecule has 0 saturated heterocycles. The van der Waals surface area contributed by atoms with E-state index in [1.54, 1.807) is 18.5 Å². The molecule has 166 valence electrons. The zero-order chi connectivity index (χ0) is 23.2. The van der Waals surface area contributed by atoms with E-state index in [9.17, 15) is 14.9 Å². The van der Waals surface area contributed by atoms with Crippen LogP contribution in [-0.4, -0.2) is 51.8 Å². The van der Waals surface area contributed by atoms with E-state index in [0.29, 0.717) is 29.3 Å². The monoisotopic (exact) mass is 442 g/mol. The maximum atomic E-state index is 11.9. The summed E-state index contributed by atoms with van der Waals surface area (Å²) in [6, 6.07) is 6.87. The summed E-state index contributed by atoms with van der Waals surface area (Å²) in [5.41, 5.74) is 2.59. The van der Waals surface area contributed by atoms with Crippen LogP contribution in [0.2, 0.25) is 0 Å². The van der Waals surface area contributed by atoms with Crippen molar-refractivity contribution in [3.8, 4) is 17.3 Å². The number of nitrogens with one attached hydrogen (secondary N) is 2. The first-order valence-corrected chi connectivity index (χ1v) is 10.4. The molecular formula is C23H22N8O2. The largest absolute Gasteiger partial charge is 0.372 e. The van der Waals surface area contributed by atoms with E-state index < -0.39 is 6.04 Å². The van der Waals surface area contributed by atoms with E-state index in [1.165, 1.54) is 18.6 Å². The van der Waals surface area contributed by atoms with E-state index in [2.05, 4.69) is 30.6 Å². The molecule has 10 heteroatoms. The smallest absolute Gasteiger partial charge is 0.228 e. The predicted octanol–water partition coefficient (Wildman–Crippen LogP) is 2.27. The topological polar surface area (TPSA) is 137 Å². The lowest BCUT2D eigenvalue weighted by atomic mass is 10.1. The molecule has 3 aromatic rings. The van der Waals surface area contributed by atoms with Gasteiger partial charge in [0.2, 0.25) is 5.91 Å². The Kier molecular flexibility index (Phi) is 6.50. The Morgan fingerprint density at radius 2 is 2.12 bits per heavy atom. The van der Waals surface area contributed by atoms with Crippen LogP contribution in [-0.2, 0) is 9.59 Å². The van der Waals surface area contributed by atoms with Crippen molar-refractivity contribution in [3.05, 3.63) is 54.9 Å². The summed E-state index contributed by atoms with van der Waals surface area (Å²) in [4.78, 5) is 42.4. The lowest BCUT2D eigenvalue weighted by Crippen LogP contribution is -2.36. The Morgan fingerprint density at radius 3 is 2.76 bits per heavy atom. The number of carbonyl (C=O) groups excluding carboxylic acids is 2. The van der Waals surface area contributed by atoms with E-state index in [1.807, 2.05) is 30.1 Å². The number of likely N-dealkylation sites (N-methyl/N-ethyl adjacent to an activating group) is 1. The molecule has 4 rings (SSSR count). The highest BCUT2D eigenvalue weighted by Gasteiger charge is 2.29. The maximum absolute atomic E-state index is 11.9. The average molecular weight is 442 g/mol. The summed E-state index contributed by atoms with van der Waals surface area (Å²) < 4.78 is 0. The summed E-state index contributed by atoms with van der Waals surface area (Å²) in [7, 11) is 1.86. The van der Waals surface area contributed by atoms with E-state index >= 15 is 0 Å². The number of nitriles is 1. The van der Waals surface area contributed by atoms with Crippen LogP contribution < -0.4 is 15.5 Å². The first-order chi connectivity index (χ1) is 16.1. The van der Waals surface area contributed by atoms with Gasteiger partial charge in [-0.3, -0.25) is 14.8 Å². The highest BCUT2D eigenvalue weighted by molar-refractivity contribution is 5.93. The van der Waals surface area contributed by atoms with Gasteiger partial charge in [-0.2, -0.15) is 5.26 Å². The van der Waals surface area contributed by atoms with Crippen LogP contribution >= 0.6 is 0 Å². The molecule has 0 unspecified atom stereocenters. The predicted molar refractivity (Wildman–Crippen MR) is 122 cm³/mol. The standard InChI is InChI=1S/C23H22N8O2/c1-31(18-3-2-6-25-10-18)13-17(14-32)29-19-7-16(9-26-20(19)8-24)21-11-28-22(12-27-21)30-23(33)15-4-5-15/h2-3,6-7,9-12,14-15,17,29H,4-5,13H2,1H3,(H,28,30,33)/t17-/m0/s1. The Balaban J connectivity index is 1.49. The van der Waals surface area contributed by atoms with Gasteiger partial charge in [0.1, 0.15) is 12.4 Å². The van der Waals surface area contributed by atoms with Gasteiger partial charge in [-0.15, -0.1) is 0 Å². The first kappa shape index (κ1) is 21.8. The van der Waals surface area contributed by atoms with Crippen LogP contribution in [0.3, 0.4) is 0 Å². The Morgan fingerprint density at radius 1 is 1.27 bits per heavy atom. The molecular weight excluding hydrogens is 420 g/mol. The Labute approximate surface area is 190 Å². The first-order valence-electron chi connectivity index (χ1n) is 10.4. The molecule has 0 aromatic carbocycles. The molecule has 3 aromatic heterocycles. The van der Waals surface area contributed by atoms with Crippen LogP contribution in [0.5, 0.6) is 0 Å². The fourth-order valence-electron chi connectivity index (χ4n) is 3.22. The number of hydrogen-bond acceptors (Lipinski definition) is 9. The van der Waals surface area contributed by atoms with Crippen LogP contribution in [0, 0.1) is 17.2 Å². The fraction of sp³-hybridized carbons (Fsp3) is 0.261. The van der Waals surface area contributed by atoms with Gasteiger partial charge in [0, 0.05) is 37.5 Å². The molecule has 2 N–H and O–H groups in total. The molecule has 1 fully saturated rings. The van der Waals surface area contributed by atoms with Crippen molar-refractivity contribution < 1.29 is 9.59 Å². The highest BCUT2D eigenvalue weighted by atomic mass is 16.2. The second-order valence-electron chi connectivity index (χ2n) is 7.76. The summed E-state index contributed by atoms with van der Waals surface area (Å²) in [5.74, 6) is 0.417. The fourth-order valence-corrected chi connectivity index (χ4v) is 3.22. The number of anilines is 3. The van der Waals surface area contributed by atoms with Crippen molar-refractivity contribution in [2.45, 2.75) is 18.9 Å². The molecule has 1 aliphatic rings. The number of nitrogens with zero attached hydrogens (tertiary/aromatic N) is 6. The summed E-state index contributed by atoms with van der Waals surface area (Å²) in [6.07, 6.45) is 10.5. The molecule has 1 saturated carbocycles. The number of aromatic nitrogens is 4. The second kappa shape index (κ2) is 9.82. The van der Waals surface area contributed by atoms with E-state index in [-0.39, 0.29) is 17.5 Å². The summed E-state index contributed by atoms with van der Waals surface area (Å²) >= 11 is 0. The molecule has 3 heterocycles. The minimum absolute atomic E-state index is 0.0419. The lowest BCUT2D eigenvalue weighted by molar-refractivity contribution is -0.117. The summed E-state index contributed by atoms with van der Waals surface area (Å²) in [6.45, 7) is 0.361. The molecule has 0 aliphatic heterocycles. The van der Waals surface area contributed by atoms with Crippen LogP contribution in [0.15, 0.2) is 49.2 Å². The van der Waals surface area contributed by atoms with Gasteiger partial charge >= 0.3 is 0 Å². The third-order valence-electron chi connectivity index (χ3n) is 5.20. The summed E-state index contributed by atoms with van der Waals surface area (Å²) in [5, 5.41) is 15.3. The SMILES string of the molecule is CN(C[C@@H](C=O)Nc1cc(-c2cnc(NC(=O)C3CC3)cn2)cnc1C#N)c1cccnc1. The third-order valence-corrected chi connectivity index (χ3v) is 5.20. The van der Waals surface area contributed by atoms with Gasteiger partial charge in [0.25, 0.3) is 0 Å². The molecule has 33 heavy (non-hydrogen) atoms. The average Bonchev–Trinajstić information content (AvgIpc) is 3.70. The van der Waals surface area contributed by atoms with Crippen molar-refractivity contribution in [1.29, 1.82) is 5.26 Å². The van der Waals surface area contributed by atoms with Crippen molar-refractivity contribution in [2.24, 2.45) is 5.92 Å². The highest BCUT2D eigenvalue weighted by Crippen LogP contribution is 2.30.